The number of phenols is 1. The van der Waals surface area contributed by atoms with Crippen LogP contribution >= 0.6 is 0 Å². The van der Waals surface area contributed by atoms with Crippen molar-refractivity contribution in [1.29, 1.82) is 0 Å². The molecule has 0 radical (unpaired) electrons. The zero-order valence-electron chi connectivity index (χ0n) is 10.8. The Balaban J connectivity index is 1.76. The molecule has 0 aliphatic carbocycles. The number of hydrogen-bond donors (Lipinski definition) is 3. The second-order valence-corrected chi connectivity index (χ2v) is 4.86. The lowest BCUT2D eigenvalue weighted by molar-refractivity contribution is -0.122. The maximum absolute atomic E-state index is 11.8. The van der Waals surface area contributed by atoms with Gasteiger partial charge in [0.1, 0.15) is 5.75 Å². The van der Waals surface area contributed by atoms with Crippen molar-refractivity contribution in [3.8, 4) is 5.75 Å². The highest BCUT2D eigenvalue weighted by molar-refractivity contribution is 5.81. The normalized spacial score (nSPS) is 20.2. The van der Waals surface area contributed by atoms with Crippen molar-refractivity contribution in [2.24, 2.45) is 5.73 Å². The molecule has 2 atom stereocenters. The number of carbonyl (C=O) groups excluding carboxylic acids is 1. The predicted octanol–water partition coefficient (Wildman–Crippen LogP) is 0.557. The number of nitrogens with two attached hydrogens (primary N) is 1. The van der Waals surface area contributed by atoms with Crippen LogP contribution in [0, 0.1) is 0 Å². The molecule has 0 aromatic heterocycles. The van der Waals surface area contributed by atoms with Gasteiger partial charge in [-0.25, -0.2) is 0 Å². The number of aromatic hydroxyl groups is 1. The number of amides is 1. The van der Waals surface area contributed by atoms with Crippen molar-refractivity contribution in [3.05, 3.63) is 29.8 Å². The van der Waals surface area contributed by atoms with Gasteiger partial charge in [-0.15, -0.1) is 0 Å². The van der Waals surface area contributed by atoms with Crippen LogP contribution in [0.5, 0.6) is 5.75 Å². The molecule has 2 unspecified atom stereocenters. The minimum absolute atomic E-state index is 0.129. The van der Waals surface area contributed by atoms with E-state index in [1.165, 1.54) is 0 Å². The van der Waals surface area contributed by atoms with Gasteiger partial charge < -0.3 is 20.9 Å². The Kier molecular flexibility index (Phi) is 4.76. The average Bonchev–Trinajstić information content (AvgIpc) is 2.91. The van der Waals surface area contributed by atoms with E-state index in [1.54, 1.807) is 24.3 Å². The minimum atomic E-state index is -0.578. The molecule has 2 rings (SSSR count). The van der Waals surface area contributed by atoms with Crippen LogP contribution in [-0.4, -0.2) is 36.3 Å². The van der Waals surface area contributed by atoms with Crippen molar-refractivity contribution in [3.63, 3.8) is 0 Å². The molecule has 1 aromatic rings. The van der Waals surface area contributed by atoms with E-state index in [0.29, 0.717) is 13.0 Å². The Labute approximate surface area is 112 Å². The highest BCUT2D eigenvalue weighted by Gasteiger charge is 2.19. The number of hydrogen-bond acceptors (Lipinski definition) is 4. The molecule has 0 spiro atoms. The van der Waals surface area contributed by atoms with Gasteiger partial charge in [-0.1, -0.05) is 12.1 Å². The fourth-order valence-corrected chi connectivity index (χ4v) is 2.13. The number of benzene rings is 1. The number of rotatable bonds is 5. The third kappa shape index (κ3) is 4.22. The summed E-state index contributed by atoms with van der Waals surface area (Å²) in [6.45, 7) is 1.31. The van der Waals surface area contributed by atoms with Gasteiger partial charge in [0.25, 0.3) is 0 Å². The van der Waals surface area contributed by atoms with Crippen molar-refractivity contribution in [2.45, 2.75) is 31.4 Å². The van der Waals surface area contributed by atoms with E-state index in [0.717, 1.165) is 25.0 Å². The molecule has 5 heteroatoms. The molecule has 1 saturated heterocycles. The Bertz CT molecular complexity index is 413. The quantitative estimate of drug-likeness (QED) is 0.725. The Morgan fingerprint density at radius 3 is 2.84 bits per heavy atom. The van der Waals surface area contributed by atoms with Crippen molar-refractivity contribution >= 4 is 5.91 Å². The van der Waals surface area contributed by atoms with Crippen LogP contribution < -0.4 is 11.1 Å². The van der Waals surface area contributed by atoms with Crippen LogP contribution in [0.2, 0.25) is 0 Å². The van der Waals surface area contributed by atoms with E-state index in [-0.39, 0.29) is 17.8 Å². The number of carbonyl (C=O) groups is 1. The first-order valence-corrected chi connectivity index (χ1v) is 6.58. The van der Waals surface area contributed by atoms with Gasteiger partial charge in [0.05, 0.1) is 12.1 Å². The highest BCUT2D eigenvalue weighted by Crippen LogP contribution is 2.12. The first-order chi connectivity index (χ1) is 9.15. The SMILES string of the molecule is NC(Cc1ccc(O)cc1)C(=O)NCC1CCCO1. The summed E-state index contributed by atoms with van der Waals surface area (Å²) in [4.78, 5) is 11.8. The third-order valence-electron chi connectivity index (χ3n) is 3.26. The molecule has 1 heterocycles. The van der Waals surface area contributed by atoms with Gasteiger partial charge in [0.2, 0.25) is 5.91 Å². The van der Waals surface area contributed by atoms with Crippen molar-refractivity contribution in [2.75, 3.05) is 13.2 Å². The zero-order valence-corrected chi connectivity index (χ0v) is 10.8. The van der Waals surface area contributed by atoms with Crippen LogP contribution in [0.25, 0.3) is 0 Å². The second-order valence-electron chi connectivity index (χ2n) is 4.86. The summed E-state index contributed by atoms with van der Waals surface area (Å²) in [5.41, 5.74) is 6.78. The Morgan fingerprint density at radius 1 is 1.47 bits per heavy atom. The van der Waals surface area contributed by atoms with E-state index in [4.69, 9.17) is 10.5 Å². The largest absolute Gasteiger partial charge is 0.508 e. The molecule has 1 aliphatic heterocycles. The van der Waals surface area contributed by atoms with Gasteiger partial charge in [-0.05, 0) is 37.0 Å². The van der Waals surface area contributed by atoms with Gasteiger partial charge in [-0.3, -0.25) is 4.79 Å². The van der Waals surface area contributed by atoms with E-state index in [9.17, 15) is 9.90 Å². The van der Waals surface area contributed by atoms with Crippen LogP contribution in [0.4, 0.5) is 0 Å². The molecule has 1 aliphatic rings. The maximum Gasteiger partial charge on any atom is 0.237 e. The predicted molar refractivity (Wildman–Crippen MR) is 71.8 cm³/mol. The van der Waals surface area contributed by atoms with E-state index >= 15 is 0 Å². The lowest BCUT2D eigenvalue weighted by Gasteiger charge is -2.15. The molecule has 4 N–H and O–H groups in total. The second kappa shape index (κ2) is 6.54. The summed E-state index contributed by atoms with van der Waals surface area (Å²) in [7, 11) is 0. The van der Waals surface area contributed by atoms with E-state index in [2.05, 4.69) is 5.32 Å². The van der Waals surface area contributed by atoms with Crippen LogP contribution in [0.15, 0.2) is 24.3 Å². The summed E-state index contributed by atoms with van der Waals surface area (Å²) >= 11 is 0. The van der Waals surface area contributed by atoms with Crippen molar-refractivity contribution < 1.29 is 14.6 Å². The zero-order chi connectivity index (χ0) is 13.7. The summed E-state index contributed by atoms with van der Waals surface area (Å²) in [5.74, 6) is 0.0451. The highest BCUT2D eigenvalue weighted by atomic mass is 16.5. The van der Waals surface area contributed by atoms with Gasteiger partial charge >= 0.3 is 0 Å². The van der Waals surface area contributed by atoms with Crippen LogP contribution in [-0.2, 0) is 16.0 Å². The Hall–Kier alpha value is -1.59. The molecular weight excluding hydrogens is 244 g/mol. The van der Waals surface area contributed by atoms with Crippen molar-refractivity contribution in [1.82, 2.24) is 5.32 Å². The first-order valence-electron chi connectivity index (χ1n) is 6.58. The molecule has 0 saturated carbocycles. The lowest BCUT2D eigenvalue weighted by Crippen LogP contribution is -2.44. The summed E-state index contributed by atoms with van der Waals surface area (Å²) in [6, 6.07) is 6.13. The van der Waals surface area contributed by atoms with Gasteiger partial charge in [-0.2, -0.15) is 0 Å². The molecule has 19 heavy (non-hydrogen) atoms. The smallest absolute Gasteiger partial charge is 0.237 e. The fraction of sp³-hybridized carbons (Fsp3) is 0.500. The first kappa shape index (κ1) is 13.8. The van der Waals surface area contributed by atoms with Crippen LogP contribution in [0.3, 0.4) is 0 Å². The number of nitrogens with one attached hydrogen (secondary N) is 1. The minimum Gasteiger partial charge on any atom is -0.508 e. The lowest BCUT2D eigenvalue weighted by atomic mass is 10.1. The van der Waals surface area contributed by atoms with Gasteiger partial charge in [0, 0.05) is 13.2 Å². The molecular formula is C14H20N2O3. The summed E-state index contributed by atoms with van der Waals surface area (Å²) in [5, 5.41) is 12.0. The van der Waals surface area contributed by atoms with E-state index in [1.807, 2.05) is 0 Å². The molecule has 1 fully saturated rings. The average molecular weight is 264 g/mol. The molecule has 1 amide bonds. The number of ether oxygens (including phenoxy) is 1. The summed E-state index contributed by atoms with van der Waals surface area (Å²) in [6.07, 6.45) is 2.63. The maximum atomic E-state index is 11.8. The summed E-state index contributed by atoms with van der Waals surface area (Å²) < 4.78 is 5.43. The molecule has 0 bridgehead atoms. The number of phenolic OH excluding ortho intramolecular Hbond substituents is 1. The third-order valence-corrected chi connectivity index (χ3v) is 3.26. The molecule has 104 valence electrons. The van der Waals surface area contributed by atoms with E-state index < -0.39 is 6.04 Å². The molecule has 1 aromatic carbocycles. The van der Waals surface area contributed by atoms with Gasteiger partial charge in [0.15, 0.2) is 0 Å². The topological polar surface area (TPSA) is 84.6 Å². The standard InChI is InChI=1S/C14H20N2O3/c15-13(8-10-3-5-11(17)6-4-10)14(18)16-9-12-2-1-7-19-12/h3-6,12-13,17H,1-2,7-9,15H2,(H,16,18). The fourth-order valence-electron chi connectivity index (χ4n) is 2.13. The molecule has 5 nitrogen and oxygen atoms in total. The van der Waals surface area contributed by atoms with Crippen LogP contribution in [0.1, 0.15) is 18.4 Å². The Morgan fingerprint density at radius 2 is 2.21 bits per heavy atom. The monoisotopic (exact) mass is 264 g/mol.